The molecule has 0 bridgehead atoms. The minimum Gasteiger partial charge on any atom is -0.493 e. The molecule has 7 nitrogen and oxygen atoms in total. The average molecular weight is 433 g/mol. The van der Waals surface area contributed by atoms with Crippen molar-refractivity contribution in [3.05, 3.63) is 34.5 Å². The number of ether oxygens (including phenoxy) is 2. The van der Waals surface area contributed by atoms with E-state index in [0.717, 1.165) is 22.5 Å². The number of carbonyl (C=O) groups excluding carboxylic acids is 1. The maximum atomic E-state index is 11.4. The Balaban J connectivity index is 2.09. The largest absolute Gasteiger partial charge is 0.493 e. The number of carboxylic acids is 1. The highest BCUT2D eigenvalue weighted by Gasteiger charge is 2.19. The number of benzene rings is 1. The van der Waals surface area contributed by atoms with Crippen LogP contribution in [0.3, 0.4) is 0 Å². The van der Waals surface area contributed by atoms with Gasteiger partial charge in [-0.25, -0.2) is 14.8 Å². The fourth-order valence-electron chi connectivity index (χ4n) is 2.58. The van der Waals surface area contributed by atoms with Gasteiger partial charge in [0.05, 0.1) is 23.6 Å². The van der Waals surface area contributed by atoms with E-state index >= 15 is 0 Å². The smallest absolute Gasteiger partial charge is 0.347 e. The topological polar surface area (TPSA) is 98.6 Å². The third-order valence-corrected chi connectivity index (χ3v) is 6.21. The van der Waals surface area contributed by atoms with Gasteiger partial charge in [-0.3, -0.25) is 4.79 Å². The second kappa shape index (κ2) is 8.71. The monoisotopic (exact) mass is 432 g/mol. The summed E-state index contributed by atoms with van der Waals surface area (Å²) in [5.74, 6) is 0.00408. The van der Waals surface area contributed by atoms with Gasteiger partial charge < -0.3 is 14.6 Å². The average Bonchev–Trinajstić information content (AvgIpc) is 3.23. The standard InChI is InChI=1S/C20H20N2O5S2/c1-10(2)8-26-15-6-5-13(17-21-11(3)16(28-17)19(24)25)7-14(15)18-22-12(4)20(29-18)27-9-23/h5-7,9-10H,8H2,1-4H3,(H,24,25). The molecule has 0 atom stereocenters. The fraction of sp³-hybridized carbons (Fsp3) is 0.300. The summed E-state index contributed by atoms with van der Waals surface area (Å²) in [5.41, 5.74) is 2.59. The number of aromatic nitrogens is 2. The summed E-state index contributed by atoms with van der Waals surface area (Å²) in [7, 11) is 0. The van der Waals surface area contributed by atoms with Crippen LogP contribution in [-0.4, -0.2) is 34.1 Å². The Labute approximate surface area is 176 Å². The second-order valence-corrected chi connectivity index (χ2v) is 8.72. The highest BCUT2D eigenvalue weighted by Crippen LogP contribution is 2.41. The van der Waals surface area contributed by atoms with Crippen LogP contribution in [0.1, 0.15) is 34.9 Å². The summed E-state index contributed by atoms with van der Waals surface area (Å²) in [6, 6.07) is 5.57. The van der Waals surface area contributed by atoms with Crippen LogP contribution in [0.2, 0.25) is 0 Å². The molecule has 0 spiro atoms. The number of carboxylic acid groups (broad SMARTS) is 1. The first kappa shape index (κ1) is 20.9. The molecule has 0 aliphatic carbocycles. The molecule has 0 saturated carbocycles. The molecule has 1 N–H and O–H groups in total. The summed E-state index contributed by atoms with van der Waals surface area (Å²) < 4.78 is 11.0. The van der Waals surface area contributed by atoms with Crippen molar-refractivity contribution in [1.29, 1.82) is 0 Å². The van der Waals surface area contributed by atoms with Gasteiger partial charge in [0, 0.05) is 5.56 Å². The lowest BCUT2D eigenvalue weighted by molar-refractivity contribution is -0.120. The van der Waals surface area contributed by atoms with E-state index in [1.54, 1.807) is 13.8 Å². The normalized spacial score (nSPS) is 10.9. The summed E-state index contributed by atoms with van der Waals surface area (Å²) in [6.45, 7) is 8.47. The zero-order valence-electron chi connectivity index (χ0n) is 16.4. The Hall–Kier alpha value is -2.78. The number of rotatable bonds is 8. The predicted octanol–water partition coefficient (Wildman–Crippen LogP) is 4.82. The molecule has 3 rings (SSSR count). The van der Waals surface area contributed by atoms with Crippen molar-refractivity contribution in [3.63, 3.8) is 0 Å². The van der Waals surface area contributed by atoms with Crippen molar-refractivity contribution >= 4 is 35.1 Å². The van der Waals surface area contributed by atoms with Gasteiger partial charge in [-0.15, -0.1) is 11.3 Å². The zero-order valence-corrected chi connectivity index (χ0v) is 18.0. The molecule has 152 valence electrons. The quantitative estimate of drug-likeness (QED) is 0.510. The lowest BCUT2D eigenvalue weighted by Gasteiger charge is -2.13. The highest BCUT2D eigenvalue weighted by molar-refractivity contribution is 7.17. The van der Waals surface area contributed by atoms with Crippen LogP contribution in [0, 0.1) is 19.8 Å². The van der Waals surface area contributed by atoms with E-state index in [9.17, 15) is 14.7 Å². The Morgan fingerprint density at radius 1 is 1.17 bits per heavy atom. The Morgan fingerprint density at radius 2 is 1.90 bits per heavy atom. The summed E-state index contributed by atoms with van der Waals surface area (Å²) in [6.07, 6.45) is 0. The molecule has 1 aromatic carbocycles. The number of nitrogens with zero attached hydrogens (tertiary/aromatic N) is 2. The molecule has 29 heavy (non-hydrogen) atoms. The van der Waals surface area contributed by atoms with Gasteiger partial charge in [-0.2, -0.15) is 0 Å². The van der Waals surface area contributed by atoms with Crippen molar-refractivity contribution in [3.8, 4) is 32.0 Å². The molecule has 0 amide bonds. The third kappa shape index (κ3) is 4.63. The van der Waals surface area contributed by atoms with E-state index in [-0.39, 0.29) is 4.88 Å². The second-order valence-electron chi connectivity index (χ2n) is 6.76. The van der Waals surface area contributed by atoms with E-state index in [4.69, 9.17) is 9.47 Å². The Kier molecular flexibility index (Phi) is 6.29. The molecular weight excluding hydrogens is 412 g/mol. The van der Waals surface area contributed by atoms with Crippen LogP contribution in [0.4, 0.5) is 0 Å². The van der Waals surface area contributed by atoms with E-state index < -0.39 is 5.97 Å². The fourth-order valence-corrected chi connectivity index (χ4v) is 4.39. The van der Waals surface area contributed by atoms with Gasteiger partial charge in [0.1, 0.15) is 20.6 Å². The van der Waals surface area contributed by atoms with E-state index in [2.05, 4.69) is 23.8 Å². The zero-order chi connectivity index (χ0) is 21.1. The lowest BCUT2D eigenvalue weighted by atomic mass is 10.1. The molecule has 0 fully saturated rings. The van der Waals surface area contributed by atoms with Crippen LogP contribution in [0.15, 0.2) is 18.2 Å². The molecule has 0 aliphatic heterocycles. The minimum atomic E-state index is -0.991. The lowest BCUT2D eigenvalue weighted by Crippen LogP contribution is -2.05. The number of aromatic carboxylic acids is 1. The first-order valence-electron chi connectivity index (χ1n) is 8.86. The van der Waals surface area contributed by atoms with Crippen LogP contribution >= 0.6 is 22.7 Å². The maximum Gasteiger partial charge on any atom is 0.347 e. The summed E-state index contributed by atoms with van der Waals surface area (Å²) >= 11 is 2.37. The summed E-state index contributed by atoms with van der Waals surface area (Å²) in [5, 5.41) is 11.0. The van der Waals surface area contributed by atoms with Crippen LogP contribution in [-0.2, 0) is 4.79 Å². The highest BCUT2D eigenvalue weighted by atomic mass is 32.1. The minimum absolute atomic E-state index is 0.216. The van der Waals surface area contributed by atoms with E-state index in [1.165, 1.54) is 11.3 Å². The van der Waals surface area contributed by atoms with E-state index in [0.29, 0.717) is 51.2 Å². The van der Waals surface area contributed by atoms with Gasteiger partial charge in [0.15, 0.2) is 0 Å². The first-order chi connectivity index (χ1) is 13.8. The number of carbonyl (C=O) groups is 2. The van der Waals surface area contributed by atoms with Crippen molar-refractivity contribution in [2.24, 2.45) is 5.92 Å². The molecule has 0 saturated heterocycles. The maximum absolute atomic E-state index is 11.4. The number of hydrogen-bond acceptors (Lipinski definition) is 8. The molecule has 9 heteroatoms. The SMILES string of the molecule is Cc1nc(-c2cc(-c3nc(C)c(C(=O)O)s3)ccc2OCC(C)C)sc1OC=O. The van der Waals surface area contributed by atoms with Gasteiger partial charge in [-0.1, -0.05) is 25.2 Å². The molecule has 0 unspecified atom stereocenters. The number of hydrogen-bond donors (Lipinski definition) is 1. The molecule has 0 aliphatic rings. The Bertz CT molecular complexity index is 1060. The van der Waals surface area contributed by atoms with Crippen LogP contribution in [0.25, 0.3) is 21.1 Å². The number of aryl methyl sites for hydroxylation is 2. The molecule has 0 radical (unpaired) electrons. The first-order valence-corrected chi connectivity index (χ1v) is 10.5. The van der Waals surface area contributed by atoms with Gasteiger partial charge in [0.25, 0.3) is 6.47 Å². The molecule has 2 aromatic heterocycles. The molecule has 2 heterocycles. The van der Waals surface area contributed by atoms with Gasteiger partial charge >= 0.3 is 5.97 Å². The van der Waals surface area contributed by atoms with Crippen LogP contribution < -0.4 is 9.47 Å². The molecule has 3 aromatic rings. The van der Waals surface area contributed by atoms with Crippen LogP contribution in [0.5, 0.6) is 10.8 Å². The van der Waals surface area contributed by atoms with Crippen molar-refractivity contribution in [2.75, 3.05) is 6.61 Å². The van der Waals surface area contributed by atoms with Gasteiger partial charge in [-0.05, 0) is 38.0 Å². The van der Waals surface area contributed by atoms with E-state index in [1.807, 2.05) is 18.2 Å². The predicted molar refractivity (Wildman–Crippen MR) is 112 cm³/mol. The Morgan fingerprint density at radius 3 is 2.52 bits per heavy atom. The number of thiazole rings is 2. The summed E-state index contributed by atoms with van der Waals surface area (Å²) in [4.78, 5) is 31.2. The third-order valence-electron chi connectivity index (χ3n) is 3.93. The molecular formula is C20H20N2O5S2. The van der Waals surface area contributed by atoms with Crippen molar-refractivity contribution < 1.29 is 24.2 Å². The van der Waals surface area contributed by atoms with Crippen molar-refractivity contribution in [1.82, 2.24) is 9.97 Å². The van der Waals surface area contributed by atoms with Gasteiger partial charge in [0.2, 0.25) is 5.06 Å². The van der Waals surface area contributed by atoms with Crippen molar-refractivity contribution in [2.45, 2.75) is 27.7 Å².